The molecule has 0 atom stereocenters. The van der Waals surface area contributed by atoms with Crippen LogP contribution < -0.4 is 5.32 Å². The molecular formula is C18H21N3OS. The molecule has 23 heavy (non-hydrogen) atoms. The summed E-state index contributed by atoms with van der Waals surface area (Å²) in [6.45, 7) is 0. The van der Waals surface area contributed by atoms with Crippen molar-refractivity contribution in [2.75, 3.05) is 0 Å². The van der Waals surface area contributed by atoms with Crippen LogP contribution in [0.25, 0.3) is 11.3 Å². The number of fused-ring (bicyclic) bond motifs is 3. The van der Waals surface area contributed by atoms with Crippen LogP contribution in [0.5, 0.6) is 0 Å². The lowest BCUT2D eigenvalue weighted by Gasteiger charge is -2.23. The number of amides is 1. The van der Waals surface area contributed by atoms with Gasteiger partial charge in [-0.25, -0.2) is 0 Å². The predicted octanol–water partition coefficient (Wildman–Crippen LogP) is 3.76. The Balaban J connectivity index is 1.66. The Morgan fingerprint density at radius 2 is 2.04 bits per heavy atom. The fraction of sp³-hybridized carbons (Fsp3) is 0.444. The van der Waals surface area contributed by atoms with E-state index in [9.17, 15) is 4.79 Å². The van der Waals surface area contributed by atoms with Gasteiger partial charge in [0.2, 0.25) is 0 Å². The molecule has 0 saturated heterocycles. The lowest BCUT2D eigenvalue weighted by molar-refractivity contribution is 0.0917. The number of benzene rings is 1. The van der Waals surface area contributed by atoms with Crippen LogP contribution in [0.15, 0.2) is 29.2 Å². The molecule has 2 aromatic rings. The van der Waals surface area contributed by atoms with Crippen LogP contribution in [0.1, 0.15) is 48.2 Å². The summed E-state index contributed by atoms with van der Waals surface area (Å²) >= 11 is 1.79. The van der Waals surface area contributed by atoms with Crippen molar-refractivity contribution in [2.45, 2.75) is 48.8 Å². The first-order chi connectivity index (χ1) is 11.2. The number of thioether (sulfide) groups is 1. The minimum atomic E-state index is 0.0353. The molecule has 1 aromatic carbocycles. The summed E-state index contributed by atoms with van der Waals surface area (Å²) in [7, 11) is 1.88. The van der Waals surface area contributed by atoms with E-state index >= 15 is 0 Å². The van der Waals surface area contributed by atoms with E-state index in [0.29, 0.717) is 6.04 Å². The molecule has 1 aliphatic carbocycles. The second-order valence-electron chi connectivity index (χ2n) is 6.39. The highest BCUT2D eigenvalue weighted by Crippen LogP contribution is 2.41. The average Bonchev–Trinajstić information content (AvgIpc) is 2.92. The lowest BCUT2D eigenvalue weighted by Crippen LogP contribution is -2.37. The minimum Gasteiger partial charge on any atom is -0.348 e. The monoisotopic (exact) mass is 327 g/mol. The van der Waals surface area contributed by atoms with Gasteiger partial charge in [-0.15, -0.1) is 11.8 Å². The summed E-state index contributed by atoms with van der Waals surface area (Å²) in [4.78, 5) is 14.0. The van der Waals surface area contributed by atoms with Gasteiger partial charge in [0, 0.05) is 34.9 Å². The number of nitrogens with zero attached hydrogens (tertiary/aromatic N) is 2. The highest BCUT2D eigenvalue weighted by atomic mass is 32.2. The first kappa shape index (κ1) is 14.8. The van der Waals surface area contributed by atoms with Crippen molar-refractivity contribution in [3.63, 3.8) is 0 Å². The van der Waals surface area contributed by atoms with E-state index in [0.717, 1.165) is 41.1 Å². The largest absolute Gasteiger partial charge is 0.348 e. The summed E-state index contributed by atoms with van der Waals surface area (Å²) in [5, 5.41) is 7.88. The van der Waals surface area contributed by atoms with Crippen molar-refractivity contribution >= 4 is 17.7 Å². The van der Waals surface area contributed by atoms with Gasteiger partial charge in [0.15, 0.2) is 0 Å². The molecule has 4 rings (SSSR count). The zero-order valence-electron chi connectivity index (χ0n) is 13.3. The van der Waals surface area contributed by atoms with Crippen LogP contribution in [0.2, 0.25) is 0 Å². The predicted molar refractivity (Wildman–Crippen MR) is 92.5 cm³/mol. The second kappa shape index (κ2) is 6.04. The van der Waals surface area contributed by atoms with Gasteiger partial charge in [-0.05, 0) is 18.9 Å². The number of hydrogen-bond acceptors (Lipinski definition) is 3. The first-order valence-electron chi connectivity index (χ1n) is 8.33. The van der Waals surface area contributed by atoms with Crippen molar-refractivity contribution in [1.82, 2.24) is 15.1 Å². The molecule has 0 radical (unpaired) electrons. The van der Waals surface area contributed by atoms with E-state index < -0.39 is 0 Å². The molecule has 0 bridgehead atoms. The Bertz CT molecular complexity index is 747. The third-order valence-electron chi connectivity index (χ3n) is 4.81. The Labute approximate surface area is 140 Å². The van der Waals surface area contributed by atoms with Gasteiger partial charge in [-0.2, -0.15) is 5.10 Å². The van der Waals surface area contributed by atoms with Crippen LogP contribution in [-0.4, -0.2) is 21.7 Å². The number of rotatable bonds is 2. The maximum Gasteiger partial charge on any atom is 0.270 e. The van der Waals surface area contributed by atoms with Crippen molar-refractivity contribution in [3.8, 4) is 11.3 Å². The minimum absolute atomic E-state index is 0.0353. The highest BCUT2D eigenvalue weighted by Gasteiger charge is 2.28. The zero-order valence-corrected chi connectivity index (χ0v) is 14.2. The molecule has 120 valence electrons. The smallest absolute Gasteiger partial charge is 0.270 e. The summed E-state index contributed by atoms with van der Waals surface area (Å²) < 4.78 is 1.76. The molecule has 1 saturated carbocycles. The molecule has 2 heterocycles. The van der Waals surface area contributed by atoms with E-state index in [1.165, 1.54) is 24.2 Å². The van der Waals surface area contributed by atoms with Gasteiger partial charge in [0.25, 0.3) is 5.91 Å². The maximum atomic E-state index is 12.8. The summed E-state index contributed by atoms with van der Waals surface area (Å²) in [5.41, 5.74) is 3.92. The van der Waals surface area contributed by atoms with E-state index in [4.69, 9.17) is 0 Å². The molecule has 1 amide bonds. The number of aromatic nitrogens is 2. The number of carbonyl (C=O) groups excluding carboxylic acids is 1. The lowest BCUT2D eigenvalue weighted by atomic mass is 9.95. The fourth-order valence-electron chi connectivity index (χ4n) is 3.64. The normalized spacial score (nSPS) is 17.4. The van der Waals surface area contributed by atoms with E-state index in [1.807, 2.05) is 13.1 Å². The van der Waals surface area contributed by atoms with Crippen molar-refractivity contribution in [1.29, 1.82) is 0 Å². The molecule has 5 heteroatoms. The second-order valence-corrected chi connectivity index (χ2v) is 7.41. The third-order valence-corrected chi connectivity index (χ3v) is 5.91. The molecule has 0 unspecified atom stereocenters. The van der Waals surface area contributed by atoms with Gasteiger partial charge in [-0.1, -0.05) is 37.5 Å². The van der Waals surface area contributed by atoms with E-state index in [2.05, 4.69) is 28.6 Å². The molecule has 1 fully saturated rings. The third kappa shape index (κ3) is 2.67. The quantitative estimate of drug-likeness (QED) is 0.913. The molecule has 1 N–H and O–H groups in total. The maximum absolute atomic E-state index is 12.8. The fourth-order valence-corrected chi connectivity index (χ4v) is 4.71. The number of nitrogens with one attached hydrogen (secondary N) is 1. The van der Waals surface area contributed by atoms with Gasteiger partial charge in [0.1, 0.15) is 5.69 Å². The molecular weight excluding hydrogens is 306 g/mol. The Morgan fingerprint density at radius 1 is 1.26 bits per heavy atom. The Hall–Kier alpha value is -1.75. The zero-order chi connectivity index (χ0) is 15.8. The topological polar surface area (TPSA) is 46.9 Å². The van der Waals surface area contributed by atoms with Gasteiger partial charge >= 0.3 is 0 Å². The molecule has 4 nitrogen and oxygen atoms in total. The molecule has 2 aliphatic rings. The Morgan fingerprint density at radius 3 is 2.87 bits per heavy atom. The van der Waals surface area contributed by atoms with Gasteiger partial charge < -0.3 is 5.32 Å². The summed E-state index contributed by atoms with van der Waals surface area (Å²) in [6.07, 6.45) is 5.93. The SMILES string of the molecule is Cn1nc2c(c1C(=O)NC1CCCCC1)CSc1ccccc1-2. The summed E-state index contributed by atoms with van der Waals surface area (Å²) in [6, 6.07) is 8.63. The van der Waals surface area contributed by atoms with Crippen LogP contribution >= 0.6 is 11.8 Å². The van der Waals surface area contributed by atoms with Gasteiger partial charge in [-0.3, -0.25) is 9.48 Å². The van der Waals surface area contributed by atoms with Crippen molar-refractivity contribution in [2.24, 2.45) is 7.05 Å². The molecule has 1 aliphatic heterocycles. The average molecular weight is 327 g/mol. The standard InChI is InChI=1S/C18H21N3OS/c1-21-17(18(22)19-12-7-3-2-4-8-12)14-11-23-15-10-6-5-9-13(15)16(14)20-21/h5-6,9-10,12H,2-4,7-8,11H2,1H3,(H,19,22). The number of carbonyl (C=O) groups is 1. The van der Waals surface area contributed by atoms with Crippen LogP contribution in [0.3, 0.4) is 0 Å². The summed E-state index contributed by atoms with van der Waals surface area (Å²) in [5.74, 6) is 0.848. The van der Waals surface area contributed by atoms with E-state index in [-0.39, 0.29) is 5.91 Å². The van der Waals surface area contributed by atoms with Gasteiger partial charge in [0.05, 0.1) is 5.69 Å². The highest BCUT2D eigenvalue weighted by molar-refractivity contribution is 7.98. The van der Waals surface area contributed by atoms with Crippen LogP contribution in [0, 0.1) is 0 Å². The van der Waals surface area contributed by atoms with Crippen molar-refractivity contribution < 1.29 is 4.79 Å². The van der Waals surface area contributed by atoms with Crippen LogP contribution in [-0.2, 0) is 12.8 Å². The van der Waals surface area contributed by atoms with Crippen molar-refractivity contribution in [3.05, 3.63) is 35.5 Å². The number of aryl methyl sites for hydroxylation is 1. The Kier molecular flexibility index (Phi) is 3.89. The van der Waals surface area contributed by atoms with E-state index in [1.54, 1.807) is 16.4 Å². The first-order valence-corrected chi connectivity index (χ1v) is 9.31. The number of hydrogen-bond donors (Lipinski definition) is 1. The molecule has 0 spiro atoms. The van der Waals surface area contributed by atoms with Crippen LogP contribution in [0.4, 0.5) is 0 Å². The molecule has 1 aromatic heterocycles.